The molecular formula is C19H14ClN3O4S2. The maximum absolute atomic E-state index is 12.7. The fourth-order valence-corrected chi connectivity index (χ4v) is 4.90. The van der Waals surface area contributed by atoms with Gasteiger partial charge in [-0.05, 0) is 42.5 Å². The van der Waals surface area contributed by atoms with E-state index in [1.165, 1.54) is 13.2 Å². The van der Waals surface area contributed by atoms with Crippen LogP contribution in [0.3, 0.4) is 0 Å². The van der Waals surface area contributed by atoms with Gasteiger partial charge in [0.05, 0.1) is 18.4 Å². The molecule has 0 saturated heterocycles. The Bertz CT molecular complexity index is 1250. The van der Waals surface area contributed by atoms with Crippen molar-refractivity contribution in [1.29, 1.82) is 0 Å². The van der Waals surface area contributed by atoms with Gasteiger partial charge in [0.1, 0.15) is 9.96 Å². The molecule has 2 aromatic heterocycles. The number of benzene rings is 2. The summed E-state index contributed by atoms with van der Waals surface area (Å²) in [6, 6.07) is 15.3. The van der Waals surface area contributed by atoms with E-state index in [-0.39, 0.29) is 10.1 Å². The van der Waals surface area contributed by atoms with Gasteiger partial charge in [0, 0.05) is 16.0 Å². The number of hydrogen-bond acceptors (Lipinski definition) is 7. The molecule has 4 aromatic rings. The van der Waals surface area contributed by atoms with Crippen molar-refractivity contribution < 1.29 is 17.7 Å². The Hall–Kier alpha value is -2.88. The van der Waals surface area contributed by atoms with Crippen LogP contribution in [0.2, 0.25) is 5.02 Å². The van der Waals surface area contributed by atoms with Crippen LogP contribution in [0.5, 0.6) is 5.75 Å². The smallest absolute Gasteiger partial charge is 0.271 e. The Labute approximate surface area is 176 Å². The van der Waals surface area contributed by atoms with Crippen molar-refractivity contribution in [3.05, 3.63) is 65.0 Å². The average Bonchev–Trinajstić information content (AvgIpc) is 3.39. The van der Waals surface area contributed by atoms with Crippen molar-refractivity contribution in [1.82, 2.24) is 10.1 Å². The molecule has 0 unspecified atom stereocenters. The lowest BCUT2D eigenvalue weighted by Gasteiger charge is -2.10. The van der Waals surface area contributed by atoms with Crippen LogP contribution in [0.15, 0.2) is 68.7 Å². The van der Waals surface area contributed by atoms with Crippen molar-refractivity contribution >= 4 is 38.6 Å². The van der Waals surface area contributed by atoms with Crippen LogP contribution in [0, 0.1) is 0 Å². The SMILES string of the molecule is COc1ccccc1NS(=O)(=O)c1cc(-c2nc(-c3ccc(Cl)cc3)no2)cs1. The third-order valence-corrected chi connectivity index (χ3v) is 7.02. The highest BCUT2D eigenvalue weighted by Gasteiger charge is 2.21. The number of rotatable bonds is 6. The maximum atomic E-state index is 12.7. The molecule has 0 aliphatic heterocycles. The predicted molar refractivity (Wildman–Crippen MR) is 112 cm³/mol. The van der Waals surface area contributed by atoms with Gasteiger partial charge in [-0.2, -0.15) is 4.98 Å². The van der Waals surface area contributed by atoms with Gasteiger partial charge in [0.15, 0.2) is 0 Å². The Morgan fingerprint density at radius 2 is 1.86 bits per heavy atom. The van der Waals surface area contributed by atoms with Gasteiger partial charge in [-0.25, -0.2) is 8.42 Å². The van der Waals surface area contributed by atoms with E-state index in [0.29, 0.717) is 27.8 Å². The number of anilines is 1. The molecule has 1 N–H and O–H groups in total. The first-order valence-electron chi connectivity index (χ1n) is 8.31. The molecule has 0 aliphatic rings. The second-order valence-electron chi connectivity index (χ2n) is 5.89. The van der Waals surface area contributed by atoms with Crippen molar-refractivity contribution in [3.63, 3.8) is 0 Å². The van der Waals surface area contributed by atoms with E-state index in [4.69, 9.17) is 20.9 Å². The summed E-state index contributed by atoms with van der Waals surface area (Å²) in [7, 11) is -2.32. The quantitative estimate of drug-likeness (QED) is 0.450. The summed E-state index contributed by atoms with van der Waals surface area (Å²) in [5.74, 6) is 1.04. The molecule has 0 radical (unpaired) electrons. The van der Waals surface area contributed by atoms with Gasteiger partial charge in [-0.15, -0.1) is 11.3 Å². The van der Waals surface area contributed by atoms with Crippen LogP contribution in [0.25, 0.3) is 22.8 Å². The highest BCUT2D eigenvalue weighted by molar-refractivity contribution is 7.94. The third kappa shape index (κ3) is 4.12. The number of sulfonamides is 1. The van der Waals surface area contributed by atoms with Gasteiger partial charge in [-0.1, -0.05) is 28.9 Å². The third-order valence-electron chi connectivity index (χ3n) is 3.97. The zero-order valence-corrected chi connectivity index (χ0v) is 17.4. The van der Waals surface area contributed by atoms with Crippen LogP contribution in [-0.2, 0) is 10.0 Å². The first-order valence-corrected chi connectivity index (χ1v) is 11.0. The predicted octanol–water partition coefficient (Wildman–Crippen LogP) is 4.93. The molecule has 0 spiro atoms. The van der Waals surface area contributed by atoms with Gasteiger partial charge < -0.3 is 9.26 Å². The summed E-state index contributed by atoms with van der Waals surface area (Å²) in [4.78, 5) is 4.34. The van der Waals surface area contributed by atoms with Gasteiger partial charge in [0.25, 0.3) is 15.9 Å². The minimum Gasteiger partial charge on any atom is -0.495 e. The highest BCUT2D eigenvalue weighted by atomic mass is 35.5. The molecule has 0 bridgehead atoms. The molecule has 0 amide bonds. The first kappa shape index (κ1) is 19.4. The number of methoxy groups -OCH3 is 1. The van der Waals surface area contributed by atoms with Gasteiger partial charge >= 0.3 is 0 Å². The lowest BCUT2D eigenvalue weighted by Crippen LogP contribution is -2.12. The number of thiophene rings is 1. The second-order valence-corrected chi connectivity index (χ2v) is 9.15. The topological polar surface area (TPSA) is 94.3 Å². The number of halogens is 1. The number of hydrogen-bond donors (Lipinski definition) is 1. The van der Waals surface area contributed by atoms with E-state index in [2.05, 4.69) is 14.9 Å². The molecular weight excluding hydrogens is 434 g/mol. The summed E-state index contributed by atoms with van der Waals surface area (Å²) in [6.07, 6.45) is 0. The van der Waals surface area contributed by atoms with Gasteiger partial charge in [0.2, 0.25) is 5.82 Å². The van der Waals surface area contributed by atoms with Crippen LogP contribution in [0.1, 0.15) is 0 Å². The lowest BCUT2D eigenvalue weighted by molar-refractivity contribution is 0.417. The Balaban J connectivity index is 1.59. The lowest BCUT2D eigenvalue weighted by atomic mass is 10.2. The maximum Gasteiger partial charge on any atom is 0.271 e. The molecule has 10 heteroatoms. The molecule has 0 aliphatic carbocycles. The summed E-state index contributed by atoms with van der Waals surface area (Å²) >= 11 is 6.94. The molecule has 0 atom stereocenters. The van der Waals surface area contributed by atoms with E-state index in [9.17, 15) is 8.42 Å². The van der Waals surface area contributed by atoms with E-state index in [1.54, 1.807) is 53.9 Å². The van der Waals surface area contributed by atoms with Crippen LogP contribution in [0.4, 0.5) is 5.69 Å². The van der Waals surface area contributed by atoms with Crippen LogP contribution < -0.4 is 9.46 Å². The van der Waals surface area contributed by atoms with E-state index in [1.807, 2.05) is 0 Å². The van der Waals surface area contributed by atoms with Crippen LogP contribution in [-0.4, -0.2) is 25.7 Å². The van der Waals surface area contributed by atoms with Crippen molar-refractivity contribution in [2.24, 2.45) is 0 Å². The monoisotopic (exact) mass is 447 g/mol. The standard InChI is InChI=1S/C19H14ClN3O4S2/c1-26-16-5-3-2-4-15(16)23-29(24,25)17-10-13(11-28-17)19-21-18(22-27-19)12-6-8-14(20)9-7-12/h2-11,23H,1H3. The number of aromatic nitrogens is 2. The molecule has 0 fully saturated rings. The van der Waals surface area contributed by atoms with Crippen molar-refractivity contribution in [2.45, 2.75) is 4.21 Å². The minimum absolute atomic E-state index is 0.115. The van der Waals surface area contributed by atoms with Gasteiger partial charge in [-0.3, -0.25) is 4.72 Å². The molecule has 2 aromatic carbocycles. The first-order chi connectivity index (χ1) is 14.0. The summed E-state index contributed by atoms with van der Waals surface area (Å²) < 4.78 is 38.6. The zero-order valence-electron chi connectivity index (χ0n) is 15.0. The Morgan fingerprint density at radius 3 is 2.62 bits per heavy atom. The number of nitrogens with one attached hydrogen (secondary N) is 1. The average molecular weight is 448 g/mol. The highest BCUT2D eigenvalue weighted by Crippen LogP contribution is 2.32. The summed E-state index contributed by atoms with van der Waals surface area (Å²) in [5, 5.41) is 6.20. The summed E-state index contributed by atoms with van der Waals surface area (Å²) in [5.41, 5.74) is 1.61. The molecule has 29 heavy (non-hydrogen) atoms. The molecule has 2 heterocycles. The van der Waals surface area contributed by atoms with E-state index >= 15 is 0 Å². The number of nitrogens with zero attached hydrogens (tertiary/aromatic N) is 2. The molecule has 7 nitrogen and oxygen atoms in total. The molecule has 4 rings (SSSR count). The normalized spacial score (nSPS) is 11.4. The second kappa shape index (κ2) is 7.86. The summed E-state index contributed by atoms with van der Waals surface area (Å²) in [6.45, 7) is 0. The fraction of sp³-hybridized carbons (Fsp3) is 0.0526. The minimum atomic E-state index is -3.80. The number of ether oxygens (including phenoxy) is 1. The fourth-order valence-electron chi connectivity index (χ4n) is 2.55. The van der Waals surface area contributed by atoms with E-state index in [0.717, 1.165) is 16.9 Å². The zero-order chi connectivity index (χ0) is 20.4. The number of para-hydroxylation sites is 2. The van der Waals surface area contributed by atoms with Crippen LogP contribution >= 0.6 is 22.9 Å². The van der Waals surface area contributed by atoms with Crippen molar-refractivity contribution in [2.75, 3.05) is 11.8 Å². The Kier molecular flexibility index (Phi) is 5.27. The van der Waals surface area contributed by atoms with E-state index < -0.39 is 10.0 Å². The largest absolute Gasteiger partial charge is 0.495 e. The van der Waals surface area contributed by atoms with Crippen molar-refractivity contribution in [3.8, 4) is 28.6 Å². The molecule has 148 valence electrons. The Morgan fingerprint density at radius 1 is 1.10 bits per heavy atom. The molecule has 0 saturated carbocycles.